The van der Waals surface area contributed by atoms with Crippen LogP contribution in [0.15, 0.2) is 0 Å². The number of hydrogen-bond acceptors (Lipinski definition) is 4. The molecule has 0 spiro atoms. The van der Waals surface area contributed by atoms with Crippen molar-refractivity contribution in [1.29, 1.82) is 0 Å². The number of piperazine rings is 1. The summed E-state index contributed by atoms with van der Waals surface area (Å²) in [6, 6.07) is 0.359. The van der Waals surface area contributed by atoms with Gasteiger partial charge in [-0.1, -0.05) is 0 Å². The SMILES string of the molecule is OC(CN1CC(N2CCNCC2)C1)C(F)(F)F. The van der Waals surface area contributed by atoms with Gasteiger partial charge in [0.15, 0.2) is 6.10 Å². The average Bonchev–Trinajstić information content (AvgIpc) is 2.22. The molecule has 0 aromatic heterocycles. The summed E-state index contributed by atoms with van der Waals surface area (Å²) >= 11 is 0. The second-order valence-electron chi connectivity index (χ2n) is 4.72. The first kappa shape index (κ1) is 13.1. The normalized spacial score (nSPS) is 26.8. The molecule has 7 heteroatoms. The van der Waals surface area contributed by atoms with Crippen LogP contribution in [0, 0.1) is 0 Å². The molecule has 0 amide bonds. The lowest BCUT2D eigenvalue weighted by Gasteiger charge is -2.47. The van der Waals surface area contributed by atoms with Gasteiger partial charge in [-0.3, -0.25) is 9.80 Å². The maximum Gasteiger partial charge on any atom is 0.415 e. The molecular formula is C10H18F3N3O. The molecule has 0 aromatic rings. The molecule has 2 N–H and O–H groups in total. The molecule has 0 bridgehead atoms. The van der Waals surface area contributed by atoms with E-state index < -0.39 is 12.3 Å². The number of β-amino-alcohol motifs (C(OH)–C–C–N with tert-alkyl or cyclic N) is 1. The predicted octanol–water partition coefficient (Wildman–Crippen LogP) is -0.501. The minimum Gasteiger partial charge on any atom is -0.382 e. The van der Waals surface area contributed by atoms with Crippen molar-refractivity contribution >= 4 is 0 Å². The molecule has 2 aliphatic rings. The summed E-state index contributed by atoms with van der Waals surface area (Å²) in [5.74, 6) is 0. The van der Waals surface area contributed by atoms with E-state index in [1.807, 2.05) is 0 Å². The van der Waals surface area contributed by atoms with Crippen LogP contribution in [-0.2, 0) is 0 Å². The molecule has 17 heavy (non-hydrogen) atoms. The number of likely N-dealkylation sites (tertiary alicyclic amines) is 1. The van der Waals surface area contributed by atoms with Gasteiger partial charge < -0.3 is 10.4 Å². The van der Waals surface area contributed by atoms with E-state index in [9.17, 15) is 13.2 Å². The zero-order valence-corrected chi connectivity index (χ0v) is 9.58. The van der Waals surface area contributed by atoms with Crippen molar-refractivity contribution in [3.63, 3.8) is 0 Å². The Morgan fingerprint density at radius 3 is 2.35 bits per heavy atom. The van der Waals surface area contributed by atoms with Gasteiger partial charge in [0, 0.05) is 51.9 Å². The van der Waals surface area contributed by atoms with Gasteiger partial charge in [0.1, 0.15) is 0 Å². The third-order valence-corrected chi connectivity index (χ3v) is 3.41. The van der Waals surface area contributed by atoms with E-state index in [0.717, 1.165) is 26.2 Å². The van der Waals surface area contributed by atoms with Gasteiger partial charge in [0.2, 0.25) is 0 Å². The van der Waals surface area contributed by atoms with Crippen LogP contribution in [0.5, 0.6) is 0 Å². The molecule has 1 atom stereocenters. The molecule has 0 saturated carbocycles. The van der Waals surface area contributed by atoms with Crippen molar-refractivity contribution in [2.24, 2.45) is 0 Å². The van der Waals surface area contributed by atoms with Crippen LogP contribution in [0.3, 0.4) is 0 Å². The molecular weight excluding hydrogens is 235 g/mol. The lowest BCUT2D eigenvalue weighted by atomic mass is 10.1. The van der Waals surface area contributed by atoms with Crippen molar-refractivity contribution in [3.05, 3.63) is 0 Å². The number of nitrogens with zero attached hydrogens (tertiary/aromatic N) is 2. The van der Waals surface area contributed by atoms with E-state index >= 15 is 0 Å². The lowest BCUT2D eigenvalue weighted by Crippen LogP contribution is -2.64. The van der Waals surface area contributed by atoms with Crippen molar-refractivity contribution in [2.45, 2.75) is 18.3 Å². The third-order valence-electron chi connectivity index (χ3n) is 3.41. The molecule has 2 rings (SSSR count). The number of alkyl halides is 3. The van der Waals surface area contributed by atoms with Gasteiger partial charge in [-0.05, 0) is 0 Å². The highest BCUT2D eigenvalue weighted by molar-refractivity contribution is 4.91. The van der Waals surface area contributed by atoms with E-state index in [-0.39, 0.29) is 6.54 Å². The maximum atomic E-state index is 12.1. The standard InChI is InChI=1S/C10H18F3N3O/c11-10(12,13)9(17)7-15-5-8(6-15)16-3-1-14-2-4-16/h8-9,14,17H,1-7H2. The zero-order valence-electron chi connectivity index (χ0n) is 9.58. The Morgan fingerprint density at radius 2 is 1.82 bits per heavy atom. The number of aliphatic hydroxyl groups excluding tert-OH is 1. The summed E-state index contributed by atoms with van der Waals surface area (Å²) in [5.41, 5.74) is 0. The Hall–Kier alpha value is -0.370. The van der Waals surface area contributed by atoms with E-state index in [1.54, 1.807) is 4.90 Å². The smallest absolute Gasteiger partial charge is 0.382 e. The predicted molar refractivity (Wildman–Crippen MR) is 56.7 cm³/mol. The van der Waals surface area contributed by atoms with Crippen LogP contribution in [0.25, 0.3) is 0 Å². The summed E-state index contributed by atoms with van der Waals surface area (Å²) < 4.78 is 36.4. The van der Waals surface area contributed by atoms with Crippen LogP contribution < -0.4 is 5.32 Å². The molecule has 0 aliphatic carbocycles. The molecule has 100 valence electrons. The fraction of sp³-hybridized carbons (Fsp3) is 1.00. The minimum atomic E-state index is -4.50. The van der Waals surface area contributed by atoms with Crippen molar-refractivity contribution in [2.75, 3.05) is 45.8 Å². The summed E-state index contributed by atoms with van der Waals surface area (Å²) in [4.78, 5) is 3.96. The Morgan fingerprint density at radius 1 is 1.24 bits per heavy atom. The maximum absolute atomic E-state index is 12.1. The van der Waals surface area contributed by atoms with Gasteiger partial charge in [-0.2, -0.15) is 13.2 Å². The lowest BCUT2D eigenvalue weighted by molar-refractivity contribution is -0.212. The van der Waals surface area contributed by atoms with E-state index in [4.69, 9.17) is 5.11 Å². The van der Waals surface area contributed by atoms with Gasteiger partial charge in [0.05, 0.1) is 0 Å². The molecule has 2 saturated heterocycles. The van der Waals surface area contributed by atoms with Gasteiger partial charge in [-0.15, -0.1) is 0 Å². The number of hydrogen-bond donors (Lipinski definition) is 2. The monoisotopic (exact) mass is 253 g/mol. The minimum absolute atomic E-state index is 0.300. The molecule has 2 fully saturated rings. The molecule has 0 radical (unpaired) electrons. The Bertz CT molecular complexity index is 250. The summed E-state index contributed by atoms with van der Waals surface area (Å²) in [6.07, 6.45) is -6.72. The summed E-state index contributed by atoms with van der Waals surface area (Å²) in [6.45, 7) is 4.77. The molecule has 1 unspecified atom stereocenters. The van der Waals surface area contributed by atoms with E-state index in [1.165, 1.54) is 0 Å². The highest BCUT2D eigenvalue weighted by Crippen LogP contribution is 2.23. The van der Waals surface area contributed by atoms with E-state index in [0.29, 0.717) is 19.1 Å². The quantitative estimate of drug-likeness (QED) is 0.711. The van der Waals surface area contributed by atoms with Gasteiger partial charge in [-0.25, -0.2) is 0 Å². The van der Waals surface area contributed by atoms with Crippen molar-refractivity contribution in [3.8, 4) is 0 Å². The molecule has 0 aromatic carbocycles. The summed E-state index contributed by atoms with van der Waals surface area (Å²) in [5, 5.41) is 12.2. The highest BCUT2D eigenvalue weighted by atomic mass is 19.4. The topological polar surface area (TPSA) is 38.7 Å². The zero-order chi connectivity index (χ0) is 12.5. The summed E-state index contributed by atoms with van der Waals surface area (Å²) in [7, 11) is 0. The number of halogens is 3. The van der Waals surface area contributed by atoms with Gasteiger partial charge >= 0.3 is 6.18 Å². The van der Waals surface area contributed by atoms with E-state index in [2.05, 4.69) is 10.2 Å². The fourth-order valence-electron chi connectivity index (χ4n) is 2.32. The number of nitrogens with one attached hydrogen (secondary N) is 1. The second-order valence-corrected chi connectivity index (χ2v) is 4.72. The number of rotatable bonds is 3. The number of aliphatic hydroxyl groups is 1. The van der Waals surface area contributed by atoms with Crippen LogP contribution in [0.1, 0.15) is 0 Å². The first-order valence-corrected chi connectivity index (χ1v) is 5.89. The average molecular weight is 253 g/mol. The Labute approximate surface area is 98.4 Å². The first-order chi connectivity index (χ1) is 7.97. The fourth-order valence-corrected chi connectivity index (χ4v) is 2.32. The van der Waals surface area contributed by atoms with Crippen molar-refractivity contribution in [1.82, 2.24) is 15.1 Å². The Balaban J connectivity index is 1.68. The molecule has 2 heterocycles. The molecule has 4 nitrogen and oxygen atoms in total. The molecule has 2 aliphatic heterocycles. The first-order valence-electron chi connectivity index (χ1n) is 5.89. The highest BCUT2D eigenvalue weighted by Gasteiger charge is 2.42. The van der Waals surface area contributed by atoms with Crippen molar-refractivity contribution < 1.29 is 18.3 Å². The van der Waals surface area contributed by atoms with Gasteiger partial charge in [0.25, 0.3) is 0 Å². The van der Waals surface area contributed by atoms with Crippen LogP contribution >= 0.6 is 0 Å². The second kappa shape index (κ2) is 5.09. The van der Waals surface area contributed by atoms with Crippen LogP contribution in [-0.4, -0.2) is 79.0 Å². The Kier molecular flexibility index (Phi) is 3.92. The largest absolute Gasteiger partial charge is 0.415 e. The third kappa shape index (κ3) is 3.31. The van der Waals surface area contributed by atoms with Crippen LogP contribution in [0.2, 0.25) is 0 Å². The van der Waals surface area contributed by atoms with Crippen LogP contribution in [0.4, 0.5) is 13.2 Å².